The second kappa shape index (κ2) is 7.19. The van der Waals surface area contributed by atoms with E-state index in [1.165, 1.54) is 31.2 Å². The first-order valence-corrected chi connectivity index (χ1v) is 7.77. The van der Waals surface area contributed by atoms with Crippen LogP contribution in [-0.2, 0) is 6.54 Å². The van der Waals surface area contributed by atoms with Crippen LogP contribution in [0.1, 0.15) is 38.2 Å². The molecule has 1 aliphatic carbocycles. The molecule has 0 radical (unpaired) electrons. The van der Waals surface area contributed by atoms with Crippen molar-refractivity contribution >= 4 is 0 Å². The minimum absolute atomic E-state index is 0.157. The van der Waals surface area contributed by atoms with E-state index in [2.05, 4.69) is 24.2 Å². The molecule has 1 aromatic carbocycles. The van der Waals surface area contributed by atoms with Crippen molar-refractivity contribution in [3.8, 4) is 0 Å². The van der Waals surface area contributed by atoms with Crippen molar-refractivity contribution in [1.82, 2.24) is 10.2 Å². The molecule has 0 amide bonds. The fraction of sp³-hybridized carbons (Fsp3) is 0.647. The van der Waals surface area contributed by atoms with Gasteiger partial charge in [-0.05, 0) is 49.5 Å². The summed E-state index contributed by atoms with van der Waals surface area (Å²) in [5, 5.41) is 3.53. The van der Waals surface area contributed by atoms with Gasteiger partial charge in [-0.15, -0.1) is 0 Å². The smallest absolute Gasteiger partial charge is 0.123 e. The fourth-order valence-electron chi connectivity index (χ4n) is 3.44. The molecule has 0 atom stereocenters. The van der Waals surface area contributed by atoms with Gasteiger partial charge in [-0.1, -0.05) is 31.9 Å². The van der Waals surface area contributed by atoms with Gasteiger partial charge in [0.2, 0.25) is 0 Å². The molecule has 2 rings (SSSR count). The second-order valence-corrected chi connectivity index (χ2v) is 6.29. The average Bonchev–Trinajstić information content (AvgIpc) is 2.88. The van der Waals surface area contributed by atoms with Crippen molar-refractivity contribution < 1.29 is 4.39 Å². The first kappa shape index (κ1) is 15.5. The Labute approximate surface area is 122 Å². The van der Waals surface area contributed by atoms with Crippen LogP contribution in [0.4, 0.5) is 4.39 Å². The Morgan fingerprint density at radius 2 is 1.85 bits per heavy atom. The van der Waals surface area contributed by atoms with E-state index in [-0.39, 0.29) is 5.82 Å². The molecule has 1 fully saturated rings. The molecule has 1 saturated carbocycles. The lowest BCUT2D eigenvalue weighted by Crippen LogP contribution is -2.41. The number of benzene rings is 1. The van der Waals surface area contributed by atoms with E-state index in [0.717, 1.165) is 26.2 Å². The first-order valence-electron chi connectivity index (χ1n) is 7.77. The summed E-state index contributed by atoms with van der Waals surface area (Å²) in [4.78, 5) is 2.38. The third-order valence-corrected chi connectivity index (χ3v) is 4.39. The van der Waals surface area contributed by atoms with E-state index in [9.17, 15) is 4.39 Å². The number of hydrogen-bond donors (Lipinski definition) is 1. The summed E-state index contributed by atoms with van der Waals surface area (Å²) in [5.74, 6) is -0.157. The zero-order chi connectivity index (χ0) is 14.4. The van der Waals surface area contributed by atoms with E-state index in [0.29, 0.717) is 5.41 Å². The van der Waals surface area contributed by atoms with Gasteiger partial charge in [0.25, 0.3) is 0 Å². The van der Waals surface area contributed by atoms with Crippen LogP contribution in [0.25, 0.3) is 0 Å². The maximum atomic E-state index is 12.9. The highest BCUT2D eigenvalue weighted by atomic mass is 19.1. The van der Waals surface area contributed by atoms with Crippen LogP contribution in [0, 0.1) is 11.2 Å². The highest BCUT2D eigenvalue weighted by molar-refractivity contribution is 5.15. The Morgan fingerprint density at radius 3 is 2.45 bits per heavy atom. The topological polar surface area (TPSA) is 15.3 Å². The lowest BCUT2D eigenvalue weighted by Gasteiger charge is -2.34. The molecule has 0 spiro atoms. The Kier molecular flexibility index (Phi) is 5.55. The molecule has 3 heteroatoms. The fourth-order valence-corrected chi connectivity index (χ4v) is 3.44. The standard InChI is InChI=1S/C17H27FN2/c1-3-19-13-17(10-4-5-11-17)14-20(2)12-15-6-8-16(18)9-7-15/h6-9,19H,3-5,10-14H2,1-2H3. The molecule has 1 aliphatic rings. The molecule has 0 heterocycles. The number of rotatable bonds is 7. The SMILES string of the molecule is CCNCC1(CN(C)Cc2ccc(F)cc2)CCCC1. The summed E-state index contributed by atoms with van der Waals surface area (Å²) in [6, 6.07) is 6.87. The Balaban J connectivity index is 1.91. The number of nitrogens with one attached hydrogen (secondary N) is 1. The lowest BCUT2D eigenvalue weighted by atomic mass is 9.85. The van der Waals surface area contributed by atoms with Crippen molar-refractivity contribution in [2.45, 2.75) is 39.2 Å². The Morgan fingerprint density at radius 1 is 1.20 bits per heavy atom. The summed E-state index contributed by atoms with van der Waals surface area (Å²) in [6.07, 6.45) is 5.37. The quantitative estimate of drug-likeness (QED) is 0.822. The van der Waals surface area contributed by atoms with Crippen molar-refractivity contribution in [1.29, 1.82) is 0 Å². The van der Waals surface area contributed by atoms with Gasteiger partial charge in [-0.3, -0.25) is 0 Å². The lowest BCUT2D eigenvalue weighted by molar-refractivity contribution is 0.168. The predicted octanol–water partition coefficient (Wildman–Crippen LogP) is 3.43. The van der Waals surface area contributed by atoms with E-state index >= 15 is 0 Å². The molecule has 1 aromatic rings. The molecule has 0 saturated heterocycles. The van der Waals surface area contributed by atoms with Crippen LogP contribution in [-0.4, -0.2) is 31.6 Å². The number of halogens is 1. The summed E-state index contributed by atoms with van der Waals surface area (Å²) < 4.78 is 12.9. The van der Waals surface area contributed by atoms with Crippen molar-refractivity contribution in [2.75, 3.05) is 26.7 Å². The normalized spacial score (nSPS) is 17.8. The predicted molar refractivity (Wildman–Crippen MR) is 82.2 cm³/mol. The molecular formula is C17H27FN2. The van der Waals surface area contributed by atoms with Gasteiger partial charge >= 0.3 is 0 Å². The molecular weight excluding hydrogens is 251 g/mol. The second-order valence-electron chi connectivity index (χ2n) is 6.29. The maximum Gasteiger partial charge on any atom is 0.123 e. The van der Waals surface area contributed by atoms with Crippen LogP contribution < -0.4 is 5.32 Å². The Bertz CT molecular complexity index is 396. The van der Waals surface area contributed by atoms with Crippen molar-refractivity contribution in [3.05, 3.63) is 35.6 Å². The van der Waals surface area contributed by atoms with Crippen LogP contribution in [0.15, 0.2) is 24.3 Å². The zero-order valence-electron chi connectivity index (χ0n) is 12.8. The minimum Gasteiger partial charge on any atom is -0.316 e. The highest BCUT2D eigenvalue weighted by Gasteiger charge is 2.34. The van der Waals surface area contributed by atoms with Crippen LogP contribution >= 0.6 is 0 Å². The van der Waals surface area contributed by atoms with Crippen LogP contribution in [0.3, 0.4) is 0 Å². The molecule has 0 aromatic heterocycles. The van der Waals surface area contributed by atoms with Gasteiger partial charge in [0, 0.05) is 19.6 Å². The van der Waals surface area contributed by atoms with E-state index < -0.39 is 0 Å². The van der Waals surface area contributed by atoms with E-state index in [1.807, 2.05) is 12.1 Å². The van der Waals surface area contributed by atoms with Gasteiger partial charge in [-0.2, -0.15) is 0 Å². The van der Waals surface area contributed by atoms with Gasteiger partial charge in [0.05, 0.1) is 0 Å². The van der Waals surface area contributed by atoms with Crippen LogP contribution in [0.2, 0.25) is 0 Å². The molecule has 0 unspecified atom stereocenters. The third-order valence-electron chi connectivity index (χ3n) is 4.39. The molecule has 112 valence electrons. The van der Waals surface area contributed by atoms with Gasteiger partial charge < -0.3 is 10.2 Å². The molecule has 1 N–H and O–H groups in total. The minimum atomic E-state index is -0.157. The molecule has 0 bridgehead atoms. The monoisotopic (exact) mass is 278 g/mol. The van der Waals surface area contributed by atoms with Gasteiger partial charge in [0.15, 0.2) is 0 Å². The van der Waals surface area contributed by atoms with E-state index in [1.54, 1.807) is 12.1 Å². The van der Waals surface area contributed by atoms with Crippen molar-refractivity contribution in [2.24, 2.45) is 5.41 Å². The molecule has 20 heavy (non-hydrogen) atoms. The zero-order valence-corrected chi connectivity index (χ0v) is 12.8. The third kappa shape index (κ3) is 4.29. The van der Waals surface area contributed by atoms with E-state index in [4.69, 9.17) is 0 Å². The largest absolute Gasteiger partial charge is 0.316 e. The maximum absolute atomic E-state index is 12.9. The highest BCUT2D eigenvalue weighted by Crippen LogP contribution is 2.38. The van der Waals surface area contributed by atoms with Crippen LogP contribution in [0.5, 0.6) is 0 Å². The molecule has 0 aliphatic heterocycles. The number of hydrogen-bond acceptors (Lipinski definition) is 2. The number of nitrogens with zero attached hydrogens (tertiary/aromatic N) is 1. The summed E-state index contributed by atoms with van der Waals surface area (Å²) >= 11 is 0. The van der Waals surface area contributed by atoms with Gasteiger partial charge in [-0.25, -0.2) is 4.39 Å². The summed E-state index contributed by atoms with van der Waals surface area (Å²) in [7, 11) is 2.18. The summed E-state index contributed by atoms with van der Waals surface area (Å²) in [6.45, 7) is 6.36. The van der Waals surface area contributed by atoms with Gasteiger partial charge in [0.1, 0.15) is 5.82 Å². The molecule has 2 nitrogen and oxygen atoms in total. The average molecular weight is 278 g/mol. The van der Waals surface area contributed by atoms with Crippen molar-refractivity contribution in [3.63, 3.8) is 0 Å². The first-order chi connectivity index (χ1) is 9.63. The summed E-state index contributed by atoms with van der Waals surface area (Å²) in [5.41, 5.74) is 1.62. The Hall–Kier alpha value is -0.930.